The van der Waals surface area contributed by atoms with Gasteiger partial charge in [0.25, 0.3) is 0 Å². The number of anilines is 1. The lowest BCUT2D eigenvalue weighted by molar-refractivity contribution is 0.0425. The van der Waals surface area contributed by atoms with E-state index in [2.05, 4.69) is 4.98 Å². The zero-order chi connectivity index (χ0) is 20.3. The fourth-order valence-corrected chi connectivity index (χ4v) is 1.74. The second kappa shape index (κ2) is 7.59. The molecule has 0 unspecified atom stereocenters. The summed E-state index contributed by atoms with van der Waals surface area (Å²) < 4.78 is 15.6. The Morgan fingerprint density at radius 2 is 1.42 bits per heavy atom. The Balaban J connectivity index is 3.49. The van der Waals surface area contributed by atoms with Gasteiger partial charge in [0.2, 0.25) is 0 Å². The predicted molar refractivity (Wildman–Crippen MR) is 92.7 cm³/mol. The molecule has 1 aromatic rings. The van der Waals surface area contributed by atoms with Crippen LogP contribution in [0, 0.1) is 0 Å². The van der Waals surface area contributed by atoms with E-state index in [0.717, 1.165) is 0 Å². The van der Waals surface area contributed by atoms with Gasteiger partial charge in [-0.05, 0) is 53.7 Å². The Hall–Kier alpha value is -2.84. The second-order valence-corrected chi connectivity index (χ2v) is 7.32. The van der Waals surface area contributed by atoms with Crippen molar-refractivity contribution in [3.63, 3.8) is 0 Å². The summed E-state index contributed by atoms with van der Waals surface area (Å²) in [5.41, 5.74) is -2.19. The van der Waals surface area contributed by atoms with Crippen LogP contribution >= 0.6 is 0 Å². The molecule has 0 aliphatic carbocycles. The Labute approximate surface area is 151 Å². The van der Waals surface area contributed by atoms with Crippen LogP contribution in [-0.4, -0.2) is 46.6 Å². The van der Waals surface area contributed by atoms with Crippen molar-refractivity contribution in [2.24, 2.45) is 0 Å². The van der Waals surface area contributed by atoms with E-state index < -0.39 is 29.4 Å². The molecule has 144 valence electrons. The molecular formula is C17H24N2O7. The maximum atomic E-state index is 12.6. The van der Waals surface area contributed by atoms with Gasteiger partial charge in [0.05, 0.1) is 7.11 Å². The van der Waals surface area contributed by atoms with Crippen molar-refractivity contribution in [3.8, 4) is 5.75 Å². The summed E-state index contributed by atoms with van der Waals surface area (Å²) in [7, 11) is 1.29. The lowest BCUT2D eigenvalue weighted by Crippen LogP contribution is -2.44. The van der Waals surface area contributed by atoms with Gasteiger partial charge in [-0.3, -0.25) is 0 Å². The molecule has 0 spiro atoms. The van der Waals surface area contributed by atoms with Gasteiger partial charge in [-0.25, -0.2) is 19.4 Å². The monoisotopic (exact) mass is 368 g/mol. The Kier molecular flexibility index (Phi) is 6.19. The number of aromatic carboxylic acids is 1. The zero-order valence-electron chi connectivity index (χ0n) is 15.9. The van der Waals surface area contributed by atoms with Crippen LogP contribution in [0.5, 0.6) is 5.75 Å². The zero-order valence-corrected chi connectivity index (χ0v) is 15.9. The third-order valence-corrected chi connectivity index (χ3v) is 2.64. The number of hydrogen-bond acceptors (Lipinski definition) is 7. The molecule has 0 fully saturated rings. The number of rotatable bonds is 3. The van der Waals surface area contributed by atoms with Gasteiger partial charge < -0.3 is 19.3 Å². The quantitative estimate of drug-likeness (QED) is 0.862. The number of carbonyl (C=O) groups is 3. The molecule has 1 rings (SSSR count). The van der Waals surface area contributed by atoms with Crippen molar-refractivity contribution in [1.29, 1.82) is 0 Å². The molecule has 1 N–H and O–H groups in total. The van der Waals surface area contributed by atoms with Crippen LogP contribution in [0.1, 0.15) is 52.0 Å². The van der Waals surface area contributed by atoms with Crippen LogP contribution in [0.25, 0.3) is 0 Å². The van der Waals surface area contributed by atoms with Crippen LogP contribution in [0.2, 0.25) is 0 Å². The first-order chi connectivity index (χ1) is 11.7. The van der Waals surface area contributed by atoms with Crippen LogP contribution in [0.4, 0.5) is 15.4 Å². The van der Waals surface area contributed by atoms with E-state index in [4.69, 9.17) is 19.3 Å². The van der Waals surface area contributed by atoms with Gasteiger partial charge in [0, 0.05) is 0 Å². The van der Waals surface area contributed by atoms with Crippen molar-refractivity contribution in [3.05, 3.63) is 17.8 Å². The molecule has 0 saturated heterocycles. The first-order valence-corrected chi connectivity index (χ1v) is 7.79. The number of nitrogens with zero attached hydrogens (tertiary/aromatic N) is 2. The highest BCUT2D eigenvalue weighted by molar-refractivity contribution is 6.10. The van der Waals surface area contributed by atoms with Crippen LogP contribution < -0.4 is 9.64 Å². The third-order valence-electron chi connectivity index (χ3n) is 2.64. The molecule has 0 aromatic carbocycles. The average Bonchev–Trinajstić information content (AvgIpc) is 2.43. The summed E-state index contributed by atoms with van der Waals surface area (Å²) in [6.07, 6.45) is -2.14. The topological polar surface area (TPSA) is 115 Å². The summed E-state index contributed by atoms with van der Waals surface area (Å²) in [5, 5.41) is 9.15. The summed E-state index contributed by atoms with van der Waals surface area (Å²) >= 11 is 0. The molecule has 1 aromatic heterocycles. The fraction of sp³-hybridized carbons (Fsp3) is 0.529. The van der Waals surface area contributed by atoms with E-state index in [0.29, 0.717) is 4.90 Å². The molecule has 0 aliphatic heterocycles. The molecule has 0 bridgehead atoms. The highest BCUT2D eigenvalue weighted by Crippen LogP contribution is 2.29. The maximum Gasteiger partial charge on any atom is 0.425 e. The van der Waals surface area contributed by atoms with Crippen molar-refractivity contribution in [2.45, 2.75) is 52.7 Å². The first-order valence-electron chi connectivity index (χ1n) is 7.79. The maximum absolute atomic E-state index is 12.6. The number of ether oxygens (including phenoxy) is 3. The Morgan fingerprint density at radius 3 is 1.77 bits per heavy atom. The summed E-state index contributed by atoms with van der Waals surface area (Å²) in [4.78, 5) is 40.8. The van der Waals surface area contributed by atoms with Crippen LogP contribution in [0.15, 0.2) is 12.1 Å². The van der Waals surface area contributed by atoms with Crippen molar-refractivity contribution in [1.82, 2.24) is 4.98 Å². The van der Waals surface area contributed by atoms with E-state index in [-0.39, 0.29) is 17.3 Å². The number of pyridine rings is 1. The minimum absolute atomic E-state index is 0.00622. The van der Waals surface area contributed by atoms with Crippen LogP contribution in [-0.2, 0) is 9.47 Å². The number of amides is 2. The summed E-state index contributed by atoms with van der Waals surface area (Å²) in [6, 6.07) is 2.47. The molecule has 2 amide bonds. The highest BCUT2D eigenvalue weighted by atomic mass is 16.6. The van der Waals surface area contributed by atoms with Crippen molar-refractivity contribution >= 4 is 24.0 Å². The molecular weight excluding hydrogens is 344 g/mol. The predicted octanol–water partition coefficient (Wildman–Crippen LogP) is 3.47. The highest BCUT2D eigenvalue weighted by Gasteiger charge is 2.36. The Bertz CT molecular complexity index is 674. The number of imide groups is 1. The smallest absolute Gasteiger partial charge is 0.425 e. The van der Waals surface area contributed by atoms with E-state index >= 15 is 0 Å². The SMILES string of the molecule is COc1ccc(C(=O)O)nc1N(C(=O)OC(C)(C)C)C(=O)OC(C)(C)C. The lowest BCUT2D eigenvalue weighted by Gasteiger charge is -2.28. The number of carbonyl (C=O) groups excluding carboxylic acids is 2. The van der Waals surface area contributed by atoms with Gasteiger partial charge >= 0.3 is 18.2 Å². The van der Waals surface area contributed by atoms with Gasteiger partial charge in [-0.15, -0.1) is 0 Å². The van der Waals surface area contributed by atoms with E-state index in [1.165, 1.54) is 19.2 Å². The third kappa shape index (κ3) is 5.91. The minimum Gasteiger partial charge on any atom is -0.493 e. The van der Waals surface area contributed by atoms with E-state index in [1.54, 1.807) is 41.5 Å². The molecule has 0 atom stereocenters. The standard InChI is InChI=1S/C17H24N2O7/c1-16(2,3)25-14(22)19(15(23)26-17(4,5)6)12-11(24-7)9-8-10(18-12)13(20)21/h8-9H,1-7H3,(H,20,21). The second-order valence-electron chi connectivity index (χ2n) is 7.32. The lowest BCUT2D eigenvalue weighted by atomic mass is 10.2. The van der Waals surface area contributed by atoms with Gasteiger partial charge in [0.15, 0.2) is 17.3 Å². The molecule has 0 saturated carbocycles. The molecule has 9 nitrogen and oxygen atoms in total. The molecule has 0 aliphatic rings. The van der Waals surface area contributed by atoms with Crippen molar-refractivity contribution < 1.29 is 33.7 Å². The molecule has 9 heteroatoms. The van der Waals surface area contributed by atoms with Crippen LogP contribution in [0.3, 0.4) is 0 Å². The van der Waals surface area contributed by atoms with E-state index in [1.807, 2.05) is 0 Å². The largest absolute Gasteiger partial charge is 0.493 e. The van der Waals surface area contributed by atoms with Gasteiger partial charge in [-0.2, -0.15) is 4.90 Å². The van der Waals surface area contributed by atoms with Crippen molar-refractivity contribution in [2.75, 3.05) is 12.0 Å². The number of carboxylic acids is 1. The minimum atomic E-state index is -1.33. The fourth-order valence-electron chi connectivity index (χ4n) is 1.74. The normalized spacial score (nSPS) is 11.5. The number of hydrogen-bond donors (Lipinski definition) is 1. The van der Waals surface area contributed by atoms with Gasteiger partial charge in [-0.1, -0.05) is 0 Å². The molecule has 1 heterocycles. The van der Waals surface area contributed by atoms with E-state index in [9.17, 15) is 14.4 Å². The Morgan fingerprint density at radius 1 is 0.962 bits per heavy atom. The molecule has 26 heavy (non-hydrogen) atoms. The summed E-state index contributed by atoms with van der Waals surface area (Å²) in [5.74, 6) is -1.66. The van der Waals surface area contributed by atoms with Gasteiger partial charge in [0.1, 0.15) is 11.2 Å². The number of methoxy groups -OCH3 is 1. The first kappa shape index (κ1) is 21.2. The average molecular weight is 368 g/mol. The number of aromatic nitrogens is 1. The number of carboxylic acid groups (broad SMARTS) is 1. The summed E-state index contributed by atoms with van der Waals surface area (Å²) in [6.45, 7) is 9.73. The molecule has 0 radical (unpaired) electrons.